The van der Waals surface area contributed by atoms with E-state index in [9.17, 15) is 4.79 Å². The van der Waals surface area contributed by atoms with Crippen LogP contribution < -0.4 is 4.90 Å². The summed E-state index contributed by atoms with van der Waals surface area (Å²) in [7, 11) is 0. The third-order valence-electron chi connectivity index (χ3n) is 3.91. The van der Waals surface area contributed by atoms with Gasteiger partial charge in [0.2, 0.25) is 0 Å². The number of anilines is 1. The molecule has 122 valence electrons. The molecule has 4 rings (SSSR count). The van der Waals surface area contributed by atoms with Crippen molar-refractivity contribution in [1.82, 2.24) is 9.97 Å². The summed E-state index contributed by atoms with van der Waals surface area (Å²) in [5.41, 5.74) is 2.08. The molecule has 0 saturated heterocycles. The number of para-hydroxylation sites is 2. The molecule has 0 aliphatic carbocycles. The number of fused-ring (bicyclic) bond motifs is 1. The summed E-state index contributed by atoms with van der Waals surface area (Å²) in [5, 5.41) is 3.82. The molecule has 1 amide bonds. The van der Waals surface area contributed by atoms with E-state index in [1.165, 1.54) is 11.3 Å². The monoisotopic (exact) mass is 345 g/mol. The number of hydrogen-bond acceptors (Lipinski definition) is 4. The van der Waals surface area contributed by atoms with Gasteiger partial charge in [0.05, 0.1) is 12.1 Å². The zero-order chi connectivity index (χ0) is 17.1. The summed E-state index contributed by atoms with van der Waals surface area (Å²) in [6.07, 6.45) is 1.75. The maximum Gasteiger partial charge on any atom is 0.277 e. The number of nitrogens with zero attached hydrogens (tertiary/aromatic N) is 3. The van der Waals surface area contributed by atoms with Crippen LogP contribution in [0.25, 0.3) is 10.9 Å². The Hall–Kier alpha value is -3.05. The van der Waals surface area contributed by atoms with Crippen LogP contribution in [0.5, 0.6) is 0 Å². The van der Waals surface area contributed by atoms with Crippen LogP contribution in [0, 0.1) is 0 Å². The second kappa shape index (κ2) is 6.83. The maximum atomic E-state index is 13.2. The number of carbonyl (C=O) groups is 1. The van der Waals surface area contributed by atoms with Crippen molar-refractivity contribution in [3.05, 3.63) is 89.0 Å². The Kier molecular flexibility index (Phi) is 4.23. The van der Waals surface area contributed by atoms with Crippen molar-refractivity contribution in [3.63, 3.8) is 0 Å². The molecule has 0 bridgehead atoms. The highest BCUT2D eigenvalue weighted by Crippen LogP contribution is 2.21. The Balaban J connectivity index is 1.73. The second-order valence-corrected chi connectivity index (χ2v) is 6.52. The summed E-state index contributed by atoms with van der Waals surface area (Å²) in [5.74, 6) is -0.132. The third kappa shape index (κ3) is 3.27. The fraction of sp³-hybridized carbons (Fsp3) is 0.0500. The highest BCUT2D eigenvalue weighted by molar-refractivity contribution is 7.09. The molecule has 0 atom stereocenters. The highest BCUT2D eigenvalue weighted by Gasteiger charge is 2.20. The van der Waals surface area contributed by atoms with Gasteiger partial charge < -0.3 is 4.90 Å². The number of benzene rings is 2. The largest absolute Gasteiger partial charge is 0.300 e. The fourth-order valence-corrected chi connectivity index (χ4v) is 3.28. The molecular formula is C20H15N3OS. The van der Waals surface area contributed by atoms with Crippen molar-refractivity contribution in [2.45, 2.75) is 6.54 Å². The molecule has 0 fully saturated rings. The molecule has 0 unspecified atom stereocenters. The van der Waals surface area contributed by atoms with Crippen molar-refractivity contribution < 1.29 is 4.79 Å². The Labute approximate surface area is 149 Å². The summed E-state index contributed by atoms with van der Waals surface area (Å²) in [4.78, 5) is 23.7. The first-order chi connectivity index (χ1) is 12.3. The van der Waals surface area contributed by atoms with Gasteiger partial charge in [0.15, 0.2) is 0 Å². The molecule has 4 nitrogen and oxygen atoms in total. The predicted octanol–water partition coefficient (Wildman–Crippen LogP) is 4.54. The lowest BCUT2D eigenvalue weighted by Gasteiger charge is -2.21. The molecule has 5 heteroatoms. The van der Waals surface area contributed by atoms with E-state index in [0.717, 1.165) is 21.6 Å². The van der Waals surface area contributed by atoms with E-state index < -0.39 is 0 Å². The average Bonchev–Trinajstić information content (AvgIpc) is 3.19. The van der Waals surface area contributed by atoms with Gasteiger partial charge in [0, 0.05) is 22.7 Å². The standard InChI is InChI=1S/C20H15N3OS/c24-20(18-11-10-15-6-4-5-9-17(15)22-18)23(14-19-21-12-13-25-19)16-7-2-1-3-8-16/h1-13H,14H2. The van der Waals surface area contributed by atoms with Gasteiger partial charge in [-0.1, -0.05) is 42.5 Å². The van der Waals surface area contributed by atoms with Gasteiger partial charge in [-0.15, -0.1) is 11.3 Å². The molecule has 4 aromatic rings. The summed E-state index contributed by atoms with van der Waals surface area (Å²) < 4.78 is 0. The van der Waals surface area contributed by atoms with Crippen molar-refractivity contribution in [2.75, 3.05) is 4.90 Å². The van der Waals surface area contributed by atoms with E-state index in [1.54, 1.807) is 17.2 Å². The SMILES string of the molecule is O=C(c1ccc2ccccc2n1)N(Cc1nccs1)c1ccccc1. The number of rotatable bonds is 4. The van der Waals surface area contributed by atoms with Gasteiger partial charge in [-0.25, -0.2) is 9.97 Å². The lowest BCUT2D eigenvalue weighted by atomic mass is 10.2. The van der Waals surface area contributed by atoms with E-state index >= 15 is 0 Å². The van der Waals surface area contributed by atoms with Crippen LogP contribution in [-0.2, 0) is 6.54 Å². The Bertz CT molecular complexity index is 1000. The Morgan fingerprint density at radius 3 is 2.56 bits per heavy atom. The number of thiazole rings is 1. The minimum Gasteiger partial charge on any atom is -0.300 e. The summed E-state index contributed by atoms with van der Waals surface area (Å²) >= 11 is 1.54. The quantitative estimate of drug-likeness (QED) is 0.545. The van der Waals surface area contributed by atoms with E-state index in [0.29, 0.717) is 12.2 Å². The number of amides is 1. The number of hydrogen-bond donors (Lipinski definition) is 0. The van der Waals surface area contributed by atoms with Crippen LogP contribution in [0.4, 0.5) is 5.69 Å². The highest BCUT2D eigenvalue weighted by atomic mass is 32.1. The van der Waals surface area contributed by atoms with Crippen molar-refractivity contribution in [3.8, 4) is 0 Å². The molecule has 0 saturated carbocycles. The van der Waals surface area contributed by atoms with Crippen LogP contribution in [-0.4, -0.2) is 15.9 Å². The van der Waals surface area contributed by atoms with E-state index in [4.69, 9.17) is 0 Å². The zero-order valence-electron chi connectivity index (χ0n) is 13.4. The summed E-state index contributed by atoms with van der Waals surface area (Å²) in [6, 6.07) is 21.1. The molecule has 0 N–H and O–H groups in total. The van der Waals surface area contributed by atoms with Crippen LogP contribution >= 0.6 is 11.3 Å². The Morgan fingerprint density at radius 2 is 1.76 bits per heavy atom. The maximum absolute atomic E-state index is 13.2. The average molecular weight is 345 g/mol. The molecule has 0 aliphatic rings. The van der Waals surface area contributed by atoms with Gasteiger partial charge >= 0.3 is 0 Å². The lowest BCUT2D eigenvalue weighted by molar-refractivity contribution is 0.0980. The normalized spacial score (nSPS) is 10.7. The fourth-order valence-electron chi connectivity index (χ4n) is 2.68. The van der Waals surface area contributed by atoms with Gasteiger partial charge in [-0.3, -0.25) is 4.79 Å². The van der Waals surface area contributed by atoms with Gasteiger partial charge in [0.1, 0.15) is 10.7 Å². The van der Waals surface area contributed by atoms with Crippen LogP contribution in [0.1, 0.15) is 15.5 Å². The first-order valence-electron chi connectivity index (χ1n) is 7.92. The lowest BCUT2D eigenvalue weighted by Crippen LogP contribution is -2.31. The number of carbonyl (C=O) groups excluding carboxylic acids is 1. The van der Waals surface area contributed by atoms with Crippen LogP contribution in [0.2, 0.25) is 0 Å². The van der Waals surface area contributed by atoms with Gasteiger partial charge in [0.25, 0.3) is 5.91 Å². The molecule has 2 aromatic carbocycles. The number of pyridine rings is 1. The van der Waals surface area contributed by atoms with E-state index in [1.807, 2.05) is 66.0 Å². The van der Waals surface area contributed by atoms with Crippen LogP contribution in [0.15, 0.2) is 78.3 Å². The zero-order valence-corrected chi connectivity index (χ0v) is 14.2. The number of aromatic nitrogens is 2. The van der Waals surface area contributed by atoms with Crippen molar-refractivity contribution in [2.24, 2.45) is 0 Å². The molecule has 25 heavy (non-hydrogen) atoms. The Morgan fingerprint density at radius 1 is 0.960 bits per heavy atom. The first-order valence-corrected chi connectivity index (χ1v) is 8.80. The van der Waals surface area contributed by atoms with Gasteiger partial charge in [-0.2, -0.15) is 0 Å². The van der Waals surface area contributed by atoms with Crippen molar-refractivity contribution in [1.29, 1.82) is 0 Å². The molecule has 2 aromatic heterocycles. The van der Waals surface area contributed by atoms with Crippen molar-refractivity contribution >= 4 is 33.8 Å². The second-order valence-electron chi connectivity index (χ2n) is 5.54. The van der Waals surface area contributed by atoms with Crippen LogP contribution in [0.3, 0.4) is 0 Å². The minimum absolute atomic E-state index is 0.132. The topological polar surface area (TPSA) is 46.1 Å². The predicted molar refractivity (Wildman–Crippen MR) is 101 cm³/mol. The molecule has 0 aliphatic heterocycles. The molecular weight excluding hydrogens is 330 g/mol. The molecule has 2 heterocycles. The van der Waals surface area contributed by atoms with Gasteiger partial charge in [-0.05, 0) is 24.3 Å². The summed E-state index contributed by atoms with van der Waals surface area (Å²) in [6.45, 7) is 0.426. The van der Waals surface area contributed by atoms with E-state index in [2.05, 4.69) is 9.97 Å². The first kappa shape index (κ1) is 15.5. The smallest absolute Gasteiger partial charge is 0.277 e. The van der Waals surface area contributed by atoms with E-state index in [-0.39, 0.29) is 5.91 Å². The third-order valence-corrected chi connectivity index (χ3v) is 4.67. The molecule has 0 radical (unpaired) electrons. The minimum atomic E-state index is -0.132. The molecule has 0 spiro atoms.